The molecule has 3 rings (SSSR count). The summed E-state index contributed by atoms with van der Waals surface area (Å²) in [6, 6.07) is 11.4. The molecule has 0 amide bonds. The van der Waals surface area contributed by atoms with Gasteiger partial charge in [0.1, 0.15) is 18.1 Å². The van der Waals surface area contributed by atoms with Crippen LogP contribution in [0.5, 0.6) is 0 Å². The predicted octanol–water partition coefficient (Wildman–Crippen LogP) is 3.29. The van der Waals surface area contributed by atoms with Crippen LogP contribution in [0.25, 0.3) is 5.70 Å². The molecule has 97 valence electrons. The van der Waals surface area contributed by atoms with Crippen LogP contribution >= 0.6 is 0 Å². The number of imidazole rings is 1. The van der Waals surface area contributed by atoms with Gasteiger partial charge in [-0.15, -0.1) is 30.3 Å². The van der Waals surface area contributed by atoms with Crippen LogP contribution in [0.15, 0.2) is 72.9 Å². The second-order valence-corrected chi connectivity index (χ2v) is 4.28. The molecule has 0 unspecified atom stereocenters. The normalized spacial score (nSPS) is 12.6. The van der Waals surface area contributed by atoms with Gasteiger partial charge in [-0.3, -0.25) is 4.57 Å². The van der Waals surface area contributed by atoms with E-state index in [9.17, 15) is 0 Å². The molecule has 2 nitrogen and oxygen atoms in total. The third-order valence-corrected chi connectivity index (χ3v) is 2.93. The second-order valence-electron chi connectivity index (χ2n) is 4.28. The van der Waals surface area contributed by atoms with Crippen LogP contribution < -0.4 is 0 Å². The van der Waals surface area contributed by atoms with E-state index in [0.29, 0.717) is 0 Å². The summed E-state index contributed by atoms with van der Waals surface area (Å²) in [5.74, 6) is 0. The molecule has 0 saturated heterocycles. The van der Waals surface area contributed by atoms with Crippen molar-refractivity contribution in [2.24, 2.45) is 7.05 Å². The summed E-state index contributed by atoms with van der Waals surface area (Å²) in [7, 11) is 2.02. The minimum absolute atomic E-state index is 0. The Morgan fingerprint density at radius 3 is 2.53 bits per heavy atom. The Bertz CT molecular complexity index is 634. The number of aryl methyl sites for hydroxylation is 1. The van der Waals surface area contributed by atoms with Gasteiger partial charge in [0, 0.05) is 32.7 Å². The zero-order valence-electron chi connectivity index (χ0n) is 10.6. The van der Waals surface area contributed by atoms with Crippen molar-refractivity contribution in [2.45, 2.75) is 0 Å². The Morgan fingerprint density at radius 2 is 1.95 bits per heavy atom. The molecule has 3 heteroatoms. The molecular formula is C16H14IrN2. The van der Waals surface area contributed by atoms with Gasteiger partial charge in [-0.1, -0.05) is 12.2 Å². The van der Waals surface area contributed by atoms with Gasteiger partial charge in [0.15, 0.2) is 6.33 Å². The molecule has 0 saturated carbocycles. The molecule has 0 spiro atoms. The fraction of sp³-hybridized carbons (Fsp3) is 0.0625. The van der Waals surface area contributed by atoms with Crippen LogP contribution in [-0.2, 0) is 27.2 Å². The van der Waals surface area contributed by atoms with Crippen molar-refractivity contribution in [3.8, 4) is 0 Å². The summed E-state index contributed by atoms with van der Waals surface area (Å²) in [4.78, 5) is 0. The first-order valence-electron chi connectivity index (χ1n) is 5.94. The van der Waals surface area contributed by atoms with E-state index in [2.05, 4.69) is 53.5 Å². The predicted molar refractivity (Wildman–Crippen MR) is 73.7 cm³/mol. The molecular weight excluding hydrogens is 412 g/mol. The number of nitrogens with zero attached hydrogens (tertiary/aromatic N) is 2. The molecule has 2 aromatic rings. The third kappa shape index (κ3) is 2.83. The number of benzene rings is 1. The summed E-state index contributed by atoms with van der Waals surface area (Å²) in [6.07, 6.45) is 14.5. The maximum absolute atomic E-state index is 3.30. The Balaban J connectivity index is 0.00000133. The maximum Gasteiger partial charge on any atom is 0.166 e. The summed E-state index contributed by atoms with van der Waals surface area (Å²) >= 11 is 0. The average molecular weight is 427 g/mol. The Kier molecular flexibility index (Phi) is 4.31. The monoisotopic (exact) mass is 427 g/mol. The number of hydrogen-bond acceptors (Lipinski definition) is 0. The van der Waals surface area contributed by atoms with Gasteiger partial charge in [-0.2, -0.15) is 4.57 Å². The standard InChI is InChI=1S/C16H14N2.Ir/c1-17-11-12-18(13-17)16(15-9-5-6-10-15)14-7-3-2-4-8-14;/h2-7,9-13H,1H3;. The quantitative estimate of drug-likeness (QED) is 0.653. The van der Waals surface area contributed by atoms with E-state index in [-0.39, 0.29) is 20.1 Å². The molecule has 1 heterocycles. The van der Waals surface area contributed by atoms with Crippen molar-refractivity contribution in [2.75, 3.05) is 0 Å². The molecule has 1 aliphatic carbocycles. The van der Waals surface area contributed by atoms with Crippen LogP contribution in [0, 0.1) is 6.07 Å². The Labute approximate surface area is 126 Å². The van der Waals surface area contributed by atoms with E-state index in [1.165, 1.54) is 5.57 Å². The molecule has 1 aromatic heterocycles. The van der Waals surface area contributed by atoms with Gasteiger partial charge in [-0.25, -0.2) is 0 Å². The van der Waals surface area contributed by atoms with Gasteiger partial charge in [0.2, 0.25) is 0 Å². The van der Waals surface area contributed by atoms with E-state index in [4.69, 9.17) is 0 Å². The van der Waals surface area contributed by atoms with Crippen LogP contribution in [-0.4, -0.2) is 9.13 Å². The second kappa shape index (κ2) is 5.96. The summed E-state index contributed by atoms with van der Waals surface area (Å²) in [5, 5.41) is 0. The largest absolute Gasteiger partial charge is 0.255 e. The minimum atomic E-state index is 0. The SMILES string of the molecule is Cn1ccn(C(=C2C=CC=C2)c2[c-]cccc2)[cH+]1.[Ir]. The fourth-order valence-corrected chi connectivity index (χ4v) is 2.10. The molecule has 0 fully saturated rings. The van der Waals surface area contributed by atoms with Gasteiger partial charge in [0.25, 0.3) is 0 Å². The first-order chi connectivity index (χ1) is 8.84. The van der Waals surface area contributed by atoms with Gasteiger partial charge >= 0.3 is 0 Å². The Hall–Kier alpha value is -1.70. The Morgan fingerprint density at radius 1 is 1.16 bits per heavy atom. The van der Waals surface area contributed by atoms with E-state index in [1.807, 2.05) is 36.0 Å². The average Bonchev–Trinajstić information content (AvgIpc) is 3.04. The van der Waals surface area contributed by atoms with Crippen molar-refractivity contribution in [3.05, 3.63) is 84.5 Å². The van der Waals surface area contributed by atoms with Crippen molar-refractivity contribution in [1.82, 2.24) is 9.13 Å². The van der Waals surface area contributed by atoms with Crippen LogP contribution in [0.1, 0.15) is 5.56 Å². The molecule has 1 radical (unpaired) electrons. The van der Waals surface area contributed by atoms with Crippen molar-refractivity contribution in [3.63, 3.8) is 0 Å². The van der Waals surface area contributed by atoms with E-state index >= 15 is 0 Å². The molecule has 1 aliphatic rings. The van der Waals surface area contributed by atoms with Crippen LogP contribution in [0.2, 0.25) is 0 Å². The van der Waals surface area contributed by atoms with Crippen LogP contribution in [0.4, 0.5) is 0 Å². The maximum atomic E-state index is 3.30. The molecule has 1 aromatic carbocycles. The number of allylic oxidation sites excluding steroid dienone is 5. The van der Waals surface area contributed by atoms with Crippen molar-refractivity contribution in [1.29, 1.82) is 0 Å². The van der Waals surface area contributed by atoms with Gasteiger partial charge in [0.05, 0.1) is 0 Å². The van der Waals surface area contributed by atoms with E-state index in [0.717, 1.165) is 11.3 Å². The fourth-order valence-electron chi connectivity index (χ4n) is 2.10. The zero-order chi connectivity index (χ0) is 12.4. The van der Waals surface area contributed by atoms with Crippen molar-refractivity contribution >= 4 is 5.70 Å². The topological polar surface area (TPSA) is 9.86 Å². The smallest absolute Gasteiger partial charge is 0.166 e. The number of hydrogen-bond donors (Lipinski definition) is 0. The molecule has 0 N–H and O–H groups in total. The molecule has 19 heavy (non-hydrogen) atoms. The van der Waals surface area contributed by atoms with E-state index < -0.39 is 0 Å². The van der Waals surface area contributed by atoms with Crippen LogP contribution in [0.3, 0.4) is 0 Å². The first kappa shape index (κ1) is 13.7. The minimum Gasteiger partial charge on any atom is -0.255 e. The molecule has 0 atom stereocenters. The molecule has 0 bridgehead atoms. The summed E-state index contributed by atoms with van der Waals surface area (Å²) in [5.41, 5.74) is 3.45. The van der Waals surface area contributed by atoms with Crippen molar-refractivity contribution < 1.29 is 20.1 Å². The first-order valence-corrected chi connectivity index (χ1v) is 5.94. The summed E-state index contributed by atoms with van der Waals surface area (Å²) < 4.78 is 4.16. The van der Waals surface area contributed by atoms with E-state index in [1.54, 1.807) is 0 Å². The summed E-state index contributed by atoms with van der Waals surface area (Å²) in [6.45, 7) is 0. The zero-order valence-corrected chi connectivity index (χ0v) is 13.0. The van der Waals surface area contributed by atoms with Gasteiger partial charge < -0.3 is 0 Å². The third-order valence-electron chi connectivity index (χ3n) is 2.93. The number of rotatable bonds is 2. The van der Waals surface area contributed by atoms with Gasteiger partial charge in [-0.05, 0) is 17.7 Å². The molecule has 0 aliphatic heterocycles. The number of aromatic nitrogens is 2.